The largest absolute Gasteiger partial charge is 0.507 e. The summed E-state index contributed by atoms with van der Waals surface area (Å²) in [5.74, 6) is 0.314. The third-order valence-electron chi connectivity index (χ3n) is 5.64. The number of phenols is 1. The molecule has 0 spiro atoms. The van der Waals surface area contributed by atoms with Crippen LogP contribution < -0.4 is 0 Å². The molecule has 0 atom stereocenters. The first kappa shape index (κ1) is 24.1. The molecule has 0 heterocycles. The first-order chi connectivity index (χ1) is 14.9. The average molecular weight is 446 g/mol. The van der Waals surface area contributed by atoms with Gasteiger partial charge >= 0.3 is 0 Å². The van der Waals surface area contributed by atoms with Crippen LogP contribution in [0.3, 0.4) is 0 Å². The zero-order chi connectivity index (χ0) is 23.7. The van der Waals surface area contributed by atoms with Crippen LogP contribution in [0.25, 0.3) is 0 Å². The molecule has 32 heavy (non-hydrogen) atoms. The molecule has 0 aromatic heterocycles. The third-order valence-corrected chi connectivity index (χ3v) is 7.06. The van der Waals surface area contributed by atoms with E-state index in [4.69, 9.17) is 4.99 Å². The Morgan fingerprint density at radius 3 is 2.03 bits per heavy atom. The molecule has 1 N–H and O–H groups in total. The van der Waals surface area contributed by atoms with Crippen LogP contribution in [-0.4, -0.2) is 11.3 Å². The number of rotatable bonds is 4. The van der Waals surface area contributed by atoms with Gasteiger partial charge in [0.05, 0.1) is 5.69 Å². The first-order valence-corrected chi connectivity index (χ1v) is 11.9. The van der Waals surface area contributed by atoms with E-state index in [1.54, 1.807) is 11.8 Å². The van der Waals surface area contributed by atoms with E-state index in [2.05, 4.69) is 91.8 Å². The second kappa shape index (κ2) is 9.15. The van der Waals surface area contributed by atoms with Crippen molar-refractivity contribution < 1.29 is 5.11 Å². The maximum Gasteiger partial charge on any atom is 0.128 e. The van der Waals surface area contributed by atoms with Crippen molar-refractivity contribution in [3.63, 3.8) is 0 Å². The third kappa shape index (κ3) is 5.45. The summed E-state index contributed by atoms with van der Waals surface area (Å²) in [4.78, 5) is 7.20. The number of phenolic OH excluding ortho intramolecular Hbond substituents is 1. The lowest BCUT2D eigenvalue weighted by Crippen LogP contribution is -2.17. The van der Waals surface area contributed by atoms with Gasteiger partial charge in [0.15, 0.2) is 0 Å². The standard InChI is InChI=1S/C29H35NOS/c1-19-12-11-13-20(2)27(19)32-25-15-10-9-14-24(25)30-18-21-16-22(28(3,4)5)17-23(26(21)31)29(6,7)8/h9-18,31H,1-8H3. The van der Waals surface area contributed by atoms with Gasteiger partial charge in [0.2, 0.25) is 0 Å². The quantitative estimate of drug-likeness (QED) is 0.408. The van der Waals surface area contributed by atoms with Gasteiger partial charge in [0, 0.05) is 27.1 Å². The highest BCUT2D eigenvalue weighted by Crippen LogP contribution is 2.40. The predicted molar refractivity (Wildman–Crippen MR) is 139 cm³/mol. The number of aryl methyl sites for hydroxylation is 2. The van der Waals surface area contributed by atoms with Crippen LogP contribution in [0.1, 0.15) is 69.4 Å². The van der Waals surface area contributed by atoms with Crippen LogP contribution >= 0.6 is 11.8 Å². The van der Waals surface area contributed by atoms with Crippen LogP contribution in [0.4, 0.5) is 5.69 Å². The van der Waals surface area contributed by atoms with E-state index in [0.717, 1.165) is 21.7 Å². The van der Waals surface area contributed by atoms with Crippen molar-refractivity contribution in [2.75, 3.05) is 0 Å². The Bertz CT molecular complexity index is 1130. The molecule has 2 nitrogen and oxygen atoms in total. The fourth-order valence-electron chi connectivity index (χ4n) is 3.62. The number of aliphatic imine (C=N–C) groups is 1. The van der Waals surface area contributed by atoms with E-state index < -0.39 is 0 Å². The van der Waals surface area contributed by atoms with Gasteiger partial charge in [-0.15, -0.1) is 0 Å². The minimum absolute atomic E-state index is 0.0214. The maximum absolute atomic E-state index is 11.1. The van der Waals surface area contributed by atoms with Crippen LogP contribution in [-0.2, 0) is 10.8 Å². The van der Waals surface area contributed by atoms with Gasteiger partial charge < -0.3 is 5.11 Å². The van der Waals surface area contributed by atoms with Gasteiger partial charge in [0.1, 0.15) is 5.75 Å². The molecule has 168 valence electrons. The van der Waals surface area contributed by atoms with Gasteiger partial charge in [-0.1, -0.05) is 89.7 Å². The summed E-state index contributed by atoms with van der Waals surface area (Å²) >= 11 is 1.75. The minimum Gasteiger partial charge on any atom is -0.507 e. The Labute approximate surface area is 197 Å². The highest BCUT2D eigenvalue weighted by Gasteiger charge is 2.24. The summed E-state index contributed by atoms with van der Waals surface area (Å²) < 4.78 is 0. The lowest BCUT2D eigenvalue weighted by atomic mass is 9.79. The molecule has 0 aliphatic rings. The summed E-state index contributed by atoms with van der Waals surface area (Å²) in [6, 6.07) is 18.8. The fourth-order valence-corrected chi connectivity index (χ4v) is 4.67. The Morgan fingerprint density at radius 2 is 1.44 bits per heavy atom. The number of para-hydroxylation sites is 1. The van der Waals surface area contributed by atoms with Crippen molar-refractivity contribution >= 4 is 23.7 Å². The molecule has 3 heteroatoms. The second-order valence-corrected chi connectivity index (χ2v) is 11.6. The topological polar surface area (TPSA) is 32.6 Å². The summed E-state index contributed by atoms with van der Waals surface area (Å²) in [5.41, 5.74) is 6.14. The van der Waals surface area contributed by atoms with Crippen molar-refractivity contribution in [2.24, 2.45) is 4.99 Å². The predicted octanol–water partition coefficient (Wildman–Crippen LogP) is 8.51. The molecule has 3 aromatic carbocycles. The van der Waals surface area contributed by atoms with Crippen LogP contribution in [0.2, 0.25) is 0 Å². The molecule has 0 amide bonds. The maximum atomic E-state index is 11.1. The van der Waals surface area contributed by atoms with Crippen molar-refractivity contribution in [1.29, 1.82) is 0 Å². The highest BCUT2D eigenvalue weighted by molar-refractivity contribution is 7.99. The van der Waals surface area contributed by atoms with E-state index in [9.17, 15) is 5.11 Å². The Kier molecular flexibility index (Phi) is 6.90. The fraction of sp³-hybridized carbons (Fsp3) is 0.345. The van der Waals surface area contributed by atoms with E-state index in [1.165, 1.54) is 21.6 Å². The molecule has 0 radical (unpaired) electrons. The number of aromatic hydroxyl groups is 1. The summed E-state index contributed by atoms with van der Waals surface area (Å²) in [5, 5.41) is 11.1. The van der Waals surface area contributed by atoms with Gasteiger partial charge in [-0.25, -0.2) is 0 Å². The molecule has 0 saturated heterocycles. The number of hydrogen-bond acceptors (Lipinski definition) is 3. The van der Waals surface area contributed by atoms with Crippen LogP contribution in [0, 0.1) is 13.8 Å². The van der Waals surface area contributed by atoms with Crippen molar-refractivity contribution in [1.82, 2.24) is 0 Å². The first-order valence-electron chi connectivity index (χ1n) is 11.1. The minimum atomic E-state index is -0.163. The Hall–Kier alpha value is -2.52. The van der Waals surface area contributed by atoms with Crippen molar-refractivity contribution in [2.45, 2.75) is 76.0 Å². The summed E-state index contributed by atoms with van der Waals surface area (Å²) in [6.45, 7) is 17.3. The highest BCUT2D eigenvalue weighted by atomic mass is 32.2. The smallest absolute Gasteiger partial charge is 0.128 e. The molecule has 3 rings (SSSR count). The summed E-state index contributed by atoms with van der Waals surface area (Å²) in [7, 11) is 0. The molecule has 0 aliphatic carbocycles. The monoisotopic (exact) mass is 445 g/mol. The van der Waals surface area contributed by atoms with Gasteiger partial charge in [-0.2, -0.15) is 0 Å². The van der Waals surface area contributed by atoms with E-state index >= 15 is 0 Å². The molecule has 0 fully saturated rings. The Balaban J connectivity index is 2.05. The average Bonchev–Trinajstić information content (AvgIpc) is 2.69. The number of benzene rings is 3. The summed E-state index contributed by atoms with van der Waals surface area (Å²) in [6.07, 6.45) is 1.81. The van der Waals surface area contributed by atoms with Gasteiger partial charge in [-0.05, 0) is 59.6 Å². The Morgan fingerprint density at radius 1 is 0.812 bits per heavy atom. The molecule has 0 bridgehead atoms. The van der Waals surface area contributed by atoms with Crippen molar-refractivity contribution in [3.8, 4) is 5.75 Å². The zero-order valence-corrected chi connectivity index (χ0v) is 21.4. The molecular weight excluding hydrogens is 410 g/mol. The second-order valence-electron chi connectivity index (χ2n) is 10.5. The zero-order valence-electron chi connectivity index (χ0n) is 20.6. The van der Waals surface area contributed by atoms with Crippen LogP contribution in [0.5, 0.6) is 5.75 Å². The van der Waals surface area contributed by atoms with E-state index in [0.29, 0.717) is 5.75 Å². The van der Waals surface area contributed by atoms with Crippen LogP contribution in [0.15, 0.2) is 69.4 Å². The van der Waals surface area contributed by atoms with E-state index in [1.807, 2.05) is 24.4 Å². The van der Waals surface area contributed by atoms with Crippen molar-refractivity contribution in [3.05, 3.63) is 82.4 Å². The number of nitrogens with zero attached hydrogens (tertiary/aromatic N) is 1. The molecule has 3 aromatic rings. The molecule has 0 saturated carbocycles. The SMILES string of the molecule is Cc1cccc(C)c1Sc1ccccc1N=Cc1cc(C(C)(C)C)cc(C(C)(C)C)c1O. The lowest BCUT2D eigenvalue weighted by molar-refractivity contribution is 0.444. The van der Waals surface area contributed by atoms with Gasteiger partial charge in [0.25, 0.3) is 0 Å². The van der Waals surface area contributed by atoms with Gasteiger partial charge in [-0.3, -0.25) is 4.99 Å². The number of hydrogen-bond donors (Lipinski definition) is 1. The van der Waals surface area contributed by atoms with E-state index in [-0.39, 0.29) is 10.8 Å². The molecular formula is C29H35NOS. The molecule has 0 aliphatic heterocycles. The normalized spacial score (nSPS) is 12.5. The lowest BCUT2D eigenvalue weighted by Gasteiger charge is -2.27. The molecule has 0 unspecified atom stereocenters.